The average Bonchev–Trinajstić information content (AvgIpc) is 2.58. The normalized spacial score (nSPS) is 21.3. The SMILES string of the molecule is CN(CCC1CCC(CNCCCO)CC1)c1ncc(Br)cn1. The lowest BCUT2D eigenvalue weighted by atomic mass is 9.80. The van der Waals surface area contributed by atoms with Gasteiger partial charge in [-0.05, 0) is 66.5 Å². The number of aliphatic hydroxyl groups is 1. The lowest BCUT2D eigenvalue weighted by Gasteiger charge is -2.30. The maximum absolute atomic E-state index is 8.78. The predicted molar refractivity (Wildman–Crippen MR) is 97.6 cm³/mol. The van der Waals surface area contributed by atoms with E-state index < -0.39 is 0 Å². The molecule has 130 valence electrons. The lowest BCUT2D eigenvalue weighted by molar-refractivity contribution is 0.252. The minimum atomic E-state index is 0.287. The van der Waals surface area contributed by atoms with Crippen LogP contribution in [0.5, 0.6) is 0 Å². The monoisotopic (exact) mass is 384 g/mol. The quantitative estimate of drug-likeness (QED) is 0.640. The molecule has 2 N–H and O–H groups in total. The molecular formula is C17H29BrN4O. The molecule has 0 radical (unpaired) electrons. The fourth-order valence-electron chi connectivity index (χ4n) is 3.21. The third kappa shape index (κ3) is 6.73. The Morgan fingerprint density at radius 2 is 1.87 bits per heavy atom. The highest BCUT2D eigenvalue weighted by atomic mass is 79.9. The van der Waals surface area contributed by atoms with Gasteiger partial charge in [0.1, 0.15) is 0 Å². The first-order valence-corrected chi connectivity index (χ1v) is 9.48. The molecule has 1 aliphatic rings. The van der Waals surface area contributed by atoms with Crippen molar-refractivity contribution in [2.75, 3.05) is 38.2 Å². The van der Waals surface area contributed by atoms with Crippen LogP contribution in [0.1, 0.15) is 38.5 Å². The second-order valence-electron chi connectivity index (χ2n) is 6.58. The summed E-state index contributed by atoms with van der Waals surface area (Å²) in [7, 11) is 2.07. The molecule has 0 aliphatic heterocycles. The minimum Gasteiger partial charge on any atom is -0.396 e. The zero-order valence-corrected chi connectivity index (χ0v) is 15.6. The molecule has 5 nitrogen and oxygen atoms in total. The van der Waals surface area contributed by atoms with Crippen molar-refractivity contribution in [1.29, 1.82) is 0 Å². The van der Waals surface area contributed by atoms with Crippen molar-refractivity contribution in [3.63, 3.8) is 0 Å². The van der Waals surface area contributed by atoms with Gasteiger partial charge in [0.2, 0.25) is 5.95 Å². The molecule has 0 saturated heterocycles. The van der Waals surface area contributed by atoms with Gasteiger partial charge < -0.3 is 15.3 Å². The standard InChI is InChI=1S/C17H29BrN4O/c1-22(17-20-12-16(18)13-21-17)9-7-14-3-5-15(6-4-14)11-19-8-2-10-23/h12-15,19,23H,2-11H2,1H3. The Morgan fingerprint density at radius 3 is 2.52 bits per heavy atom. The number of hydrogen-bond donors (Lipinski definition) is 2. The summed E-state index contributed by atoms with van der Waals surface area (Å²) in [5.41, 5.74) is 0. The number of anilines is 1. The van der Waals surface area contributed by atoms with E-state index >= 15 is 0 Å². The zero-order valence-electron chi connectivity index (χ0n) is 14.0. The van der Waals surface area contributed by atoms with Crippen LogP contribution >= 0.6 is 15.9 Å². The summed E-state index contributed by atoms with van der Waals surface area (Å²) in [6, 6.07) is 0. The molecule has 1 aliphatic carbocycles. The highest BCUT2D eigenvalue weighted by Gasteiger charge is 2.21. The second-order valence-corrected chi connectivity index (χ2v) is 7.50. The van der Waals surface area contributed by atoms with E-state index in [1.807, 2.05) is 0 Å². The van der Waals surface area contributed by atoms with Gasteiger partial charge in [0, 0.05) is 32.6 Å². The Balaban J connectivity index is 1.61. The minimum absolute atomic E-state index is 0.287. The molecule has 1 fully saturated rings. The molecule has 6 heteroatoms. The van der Waals surface area contributed by atoms with Gasteiger partial charge in [-0.2, -0.15) is 0 Å². The summed E-state index contributed by atoms with van der Waals surface area (Å²) in [6.07, 6.45) is 11.0. The first kappa shape index (κ1) is 18.6. The van der Waals surface area contributed by atoms with E-state index in [0.29, 0.717) is 0 Å². The van der Waals surface area contributed by atoms with Crippen molar-refractivity contribution in [2.45, 2.75) is 38.5 Å². The molecule has 0 amide bonds. The number of aliphatic hydroxyl groups excluding tert-OH is 1. The summed E-state index contributed by atoms with van der Waals surface area (Å²) in [6.45, 7) is 3.36. The molecule has 0 unspecified atom stereocenters. The third-order valence-electron chi connectivity index (χ3n) is 4.73. The van der Waals surface area contributed by atoms with Crippen molar-refractivity contribution in [3.05, 3.63) is 16.9 Å². The van der Waals surface area contributed by atoms with E-state index in [4.69, 9.17) is 5.11 Å². The van der Waals surface area contributed by atoms with E-state index in [9.17, 15) is 0 Å². The molecule has 1 aromatic rings. The Hall–Kier alpha value is -0.720. The Bertz CT molecular complexity index is 435. The highest BCUT2D eigenvalue weighted by Crippen LogP contribution is 2.30. The van der Waals surface area contributed by atoms with Crippen molar-refractivity contribution in [3.8, 4) is 0 Å². The van der Waals surface area contributed by atoms with E-state index in [-0.39, 0.29) is 6.61 Å². The van der Waals surface area contributed by atoms with E-state index in [1.54, 1.807) is 12.4 Å². The van der Waals surface area contributed by atoms with Crippen LogP contribution in [0.4, 0.5) is 5.95 Å². The number of halogens is 1. The molecule has 1 aromatic heterocycles. The fraction of sp³-hybridized carbons (Fsp3) is 0.765. The molecule has 1 saturated carbocycles. The van der Waals surface area contributed by atoms with Crippen molar-refractivity contribution >= 4 is 21.9 Å². The third-order valence-corrected chi connectivity index (χ3v) is 5.14. The predicted octanol–water partition coefficient (Wildman–Crippen LogP) is 2.84. The van der Waals surface area contributed by atoms with Gasteiger partial charge in [-0.15, -0.1) is 0 Å². The molecule has 0 aromatic carbocycles. The number of nitrogens with one attached hydrogen (secondary N) is 1. The number of hydrogen-bond acceptors (Lipinski definition) is 5. The smallest absolute Gasteiger partial charge is 0.225 e. The molecule has 1 heterocycles. The topological polar surface area (TPSA) is 61.3 Å². The zero-order chi connectivity index (χ0) is 16.5. The first-order chi connectivity index (χ1) is 11.2. The highest BCUT2D eigenvalue weighted by molar-refractivity contribution is 9.10. The summed E-state index contributed by atoms with van der Waals surface area (Å²) < 4.78 is 0.917. The van der Waals surface area contributed by atoms with Gasteiger partial charge in [0.05, 0.1) is 4.47 Å². The molecule has 0 spiro atoms. The Labute approximate surface area is 148 Å². The first-order valence-electron chi connectivity index (χ1n) is 8.69. The largest absolute Gasteiger partial charge is 0.396 e. The Kier molecular flexibility index (Phi) is 8.26. The van der Waals surface area contributed by atoms with Gasteiger partial charge in [0.25, 0.3) is 0 Å². The summed E-state index contributed by atoms with van der Waals surface area (Å²) in [4.78, 5) is 10.8. The van der Waals surface area contributed by atoms with Crippen molar-refractivity contribution in [1.82, 2.24) is 15.3 Å². The molecular weight excluding hydrogens is 356 g/mol. The summed E-state index contributed by atoms with van der Waals surface area (Å²) >= 11 is 3.37. The van der Waals surface area contributed by atoms with Crippen LogP contribution in [0.3, 0.4) is 0 Å². The van der Waals surface area contributed by atoms with E-state index in [2.05, 4.69) is 43.2 Å². The molecule has 0 bridgehead atoms. The molecule has 2 rings (SSSR count). The van der Waals surface area contributed by atoms with Crippen LogP contribution in [0, 0.1) is 11.8 Å². The van der Waals surface area contributed by atoms with Gasteiger partial charge in [-0.3, -0.25) is 0 Å². The van der Waals surface area contributed by atoms with Crippen molar-refractivity contribution in [2.24, 2.45) is 11.8 Å². The Morgan fingerprint density at radius 1 is 1.22 bits per heavy atom. The van der Waals surface area contributed by atoms with Crippen LogP contribution in [0.2, 0.25) is 0 Å². The second kappa shape index (κ2) is 10.2. The average molecular weight is 385 g/mol. The van der Waals surface area contributed by atoms with E-state index in [1.165, 1.54) is 32.1 Å². The van der Waals surface area contributed by atoms with Crippen LogP contribution < -0.4 is 10.2 Å². The van der Waals surface area contributed by atoms with Crippen LogP contribution in [0.25, 0.3) is 0 Å². The lowest BCUT2D eigenvalue weighted by Crippen LogP contribution is -2.29. The number of aromatic nitrogens is 2. The summed E-state index contributed by atoms with van der Waals surface area (Å²) in [5.74, 6) is 2.45. The maximum atomic E-state index is 8.78. The van der Waals surface area contributed by atoms with Crippen LogP contribution in [0.15, 0.2) is 16.9 Å². The van der Waals surface area contributed by atoms with Crippen molar-refractivity contribution < 1.29 is 5.11 Å². The molecule has 0 atom stereocenters. The van der Waals surface area contributed by atoms with Gasteiger partial charge in [-0.25, -0.2) is 9.97 Å². The van der Waals surface area contributed by atoms with Gasteiger partial charge in [0.15, 0.2) is 0 Å². The van der Waals surface area contributed by atoms with Gasteiger partial charge >= 0.3 is 0 Å². The van der Waals surface area contributed by atoms with Crippen LogP contribution in [-0.2, 0) is 0 Å². The van der Waals surface area contributed by atoms with Gasteiger partial charge in [-0.1, -0.05) is 12.8 Å². The summed E-state index contributed by atoms with van der Waals surface area (Å²) in [5, 5.41) is 12.2. The molecule has 23 heavy (non-hydrogen) atoms. The van der Waals surface area contributed by atoms with Crippen LogP contribution in [-0.4, -0.2) is 48.4 Å². The number of nitrogens with zero attached hydrogens (tertiary/aromatic N) is 3. The fourth-order valence-corrected chi connectivity index (χ4v) is 3.42. The maximum Gasteiger partial charge on any atom is 0.225 e. The number of rotatable bonds is 9. The van der Waals surface area contributed by atoms with E-state index in [0.717, 1.165) is 48.3 Å².